The molecule has 0 unspecified atom stereocenters. The molecule has 0 radical (unpaired) electrons. The fourth-order valence-corrected chi connectivity index (χ4v) is 4.36. The van der Waals surface area contributed by atoms with Crippen LogP contribution in [0.3, 0.4) is 0 Å². The maximum absolute atomic E-state index is 13.5. The highest BCUT2D eigenvalue weighted by Crippen LogP contribution is 2.40. The lowest BCUT2D eigenvalue weighted by Gasteiger charge is -2.24. The van der Waals surface area contributed by atoms with Crippen molar-refractivity contribution in [3.8, 4) is 11.3 Å². The maximum Gasteiger partial charge on any atom is 0.255 e. The number of sulfonamides is 1. The number of nitrogens with zero attached hydrogens (tertiary/aromatic N) is 1. The van der Waals surface area contributed by atoms with Gasteiger partial charge in [-0.1, -0.05) is 12.2 Å². The van der Waals surface area contributed by atoms with Crippen molar-refractivity contribution in [3.63, 3.8) is 0 Å². The first-order chi connectivity index (χ1) is 15.6. The molecule has 172 valence electrons. The van der Waals surface area contributed by atoms with Crippen molar-refractivity contribution < 1.29 is 22.0 Å². The standard InChI is InChI=1S/C24H24FN3O4S/c1-14-6-5-11-27-22(14)17-12-18-20(13-19(17)28(3)33(4,30)31)32-23(21(18)24(29)26-2)15-7-9-16(25)10-8-15/h5-10,12-13,27H,11H2,1-4H3,(H,26,29). The van der Waals surface area contributed by atoms with Gasteiger partial charge in [-0.05, 0) is 42.8 Å². The number of halogens is 1. The Bertz CT molecular complexity index is 1420. The molecule has 4 rings (SSSR count). The Morgan fingerprint density at radius 1 is 1.21 bits per heavy atom. The predicted molar refractivity (Wildman–Crippen MR) is 128 cm³/mol. The number of anilines is 1. The van der Waals surface area contributed by atoms with Crippen LogP contribution in [0.2, 0.25) is 0 Å². The summed E-state index contributed by atoms with van der Waals surface area (Å²) in [4.78, 5) is 12.9. The zero-order valence-electron chi connectivity index (χ0n) is 18.7. The topological polar surface area (TPSA) is 91.7 Å². The second kappa shape index (κ2) is 8.40. The van der Waals surface area contributed by atoms with Gasteiger partial charge in [0.15, 0.2) is 0 Å². The Hall–Kier alpha value is -3.59. The molecule has 2 N–H and O–H groups in total. The summed E-state index contributed by atoms with van der Waals surface area (Å²) in [5, 5.41) is 6.45. The van der Waals surface area contributed by atoms with Gasteiger partial charge in [-0.2, -0.15) is 0 Å². The van der Waals surface area contributed by atoms with Gasteiger partial charge in [0.2, 0.25) is 10.0 Å². The number of fused-ring (bicyclic) bond motifs is 1. The van der Waals surface area contributed by atoms with Crippen LogP contribution in [0.4, 0.5) is 10.1 Å². The van der Waals surface area contributed by atoms with Crippen molar-refractivity contribution in [3.05, 3.63) is 71.1 Å². The lowest BCUT2D eigenvalue weighted by molar-refractivity contribution is 0.0964. The molecule has 0 saturated carbocycles. The van der Waals surface area contributed by atoms with Crippen molar-refractivity contribution in [1.82, 2.24) is 10.6 Å². The van der Waals surface area contributed by atoms with E-state index >= 15 is 0 Å². The van der Waals surface area contributed by atoms with Crippen molar-refractivity contribution in [2.24, 2.45) is 0 Å². The third-order valence-corrected chi connectivity index (χ3v) is 6.82. The Kier molecular flexibility index (Phi) is 5.75. The van der Waals surface area contributed by atoms with Gasteiger partial charge >= 0.3 is 0 Å². The number of hydrogen-bond donors (Lipinski definition) is 2. The van der Waals surface area contributed by atoms with E-state index in [-0.39, 0.29) is 11.7 Å². The fourth-order valence-electron chi connectivity index (χ4n) is 3.85. The summed E-state index contributed by atoms with van der Waals surface area (Å²) in [6.45, 7) is 2.51. The molecule has 0 aliphatic carbocycles. The van der Waals surface area contributed by atoms with E-state index in [1.54, 1.807) is 12.1 Å². The summed E-state index contributed by atoms with van der Waals surface area (Å²) in [7, 11) is -0.595. The number of carbonyl (C=O) groups is 1. The number of benzene rings is 2. The molecule has 0 atom stereocenters. The molecule has 0 spiro atoms. The van der Waals surface area contributed by atoms with Gasteiger partial charge in [-0.25, -0.2) is 12.8 Å². The molecular weight excluding hydrogens is 445 g/mol. The molecule has 0 fully saturated rings. The maximum atomic E-state index is 13.5. The number of dihydropyridines is 1. The average Bonchev–Trinajstić information content (AvgIpc) is 3.15. The van der Waals surface area contributed by atoms with E-state index in [1.165, 1.54) is 42.7 Å². The van der Waals surface area contributed by atoms with Crippen LogP contribution in [0.5, 0.6) is 0 Å². The molecule has 0 saturated heterocycles. The molecule has 1 amide bonds. The van der Waals surface area contributed by atoms with Gasteiger partial charge < -0.3 is 15.1 Å². The second-order valence-corrected chi connectivity index (χ2v) is 9.84. The van der Waals surface area contributed by atoms with Crippen LogP contribution in [0.15, 0.2) is 58.5 Å². The number of carbonyl (C=O) groups excluding carboxylic acids is 1. The minimum atomic E-state index is -3.58. The molecule has 2 aromatic carbocycles. The Balaban J connectivity index is 2.08. The van der Waals surface area contributed by atoms with Gasteiger partial charge in [0.1, 0.15) is 17.2 Å². The summed E-state index contributed by atoms with van der Waals surface area (Å²) >= 11 is 0. The third-order valence-electron chi connectivity index (χ3n) is 5.63. The van der Waals surface area contributed by atoms with E-state index in [4.69, 9.17) is 4.42 Å². The lowest BCUT2D eigenvalue weighted by Crippen LogP contribution is -2.27. The van der Waals surface area contributed by atoms with Crippen LogP contribution in [0, 0.1) is 5.82 Å². The second-order valence-electron chi connectivity index (χ2n) is 7.83. The molecule has 2 heterocycles. The molecule has 9 heteroatoms. The van der Waals surface area contributed by atoms with Gasteiger partial charge in [0.05, 0.1) is 17.5 Å². The molecule has 1 aromatic heterocycles. The molecule has 3 aromatic rings. The zero-order valence-corrected chi connectivity index (χ0v) is 19.5. The normalized spacial score (nSPS) is 13.8. The van der Waals surface area contributed by atoms with E-state index < -0.39 is 15.8 Å². The highest BCUT2D eigenvalue weighted by molar-refractivity contribution is 7.92. The van der Waals surface area contributed by atoms with Crippen molar-refractivity contribution in [2.75, 3.05) is 31.2 Å². The lowest BCUT2D eigenvalue weighted by atomic mass is 9.98. The first-order valence-corrected chi connectivity index (χ1v) is 12.1. The van der Waals surface area contributed by atoms with E-state index in [9.17, 15) is 17.6 Å². The minimum absolute atomic E-state index is 0.275. The number of furan rings is 1. The SMILES string of the molecule is CNC(=O)c1c(-c2ccc(F)cc2)oc2cc(N(C)S(C)(=O)=O)c(C3=C(C)C=CCN3)cc12. The van der Waals surface area contributed by atoms with Crippen LogP contribution in [0.25, 0.3) is 28.0 Å². The van der Waals surface area contributed by atoms with Crippen molar-refractivity contribution >= 4 is 38.3 Å². The van der Waals surface area contributed by atoms with Crippen LogP contribution >= 0.6 is 0 Å². The highest BCUT2D eigenvalue weighted by atomic mass is 32.2. The third kappa shape index (κ3) is 4.11. The zero-order chi connectivity index (χ0) is 23.9. The number of allylic oxidation sites excluding steroid dienone is 2. The van der Waals surface area contributed by atoms with Crippen LogP contribution < -0.4 is 14.9 Å². The number of nitrogens with one attached hydrogen (secondary N) is 2. The van der Waals surface area contributed by atoms with E-state index in [1.807, 2.05) is 19.1 Å². The van der Waals surface area contributed by atoms with E-state index in [2.05, 4.69) is 10.6 Å². The summed E-state index contributed by atoms with van der Waals surface area (Å²) in [5.41, 5.74) is 3.87. The van der Waals surface area contributed by atoms with Gasteiger partial charge in [-0.15, -0.1) is 0 Å². The molecule has 0 bridgehead atoms. The Morgan fingerprint density at radius 2 is 1.91 bits per heavy atom. The molecule has 1 aliphatic rings. The monoisotopic (exact) mass is 469 g/mol. The van der Waals surface area contributed by atoms with Gasteiger partial charge in [0.25, 0.3) is 5.91 Å². The largest absolute Gasteiger partial charge is 0.455 e. The molecule has 33 heavy (non-hydrogen) atoms. The number of amides is 1. The summed E-state index contributed by atoms with van der Waals surface area (Å²) < 4.78 is 45.6. The summed E-state index contributed by atoms with van der Waals surface area (Å²) in [6, 6.07) is 9.02. The predicted octanol–water partition coefficient (Wildman–Crippen LogP) is 3.88. The first-order valence-electron chi connectivity index (χ1n) is 10.3. The van der Waals surface area contributed by atoms with E-state index in [0.717, 1.165) is 17.5 Å². The Morgan fingerprint density at radius 3 is 2.52 bits per heavy atom. The smallest absolute Gasteiger partial charge is 0.255 e. The quantitative estimate of drug-likeness (QED) is 0.592. The van der Waals surface area contributed by atoms with Crippen LogP contribution in [0.1, 0.15) is 22.8 Å². The average molecular weight is 470 g/mol. The number of rotatable bonds is 5. The van der Waals surface area contributed by atoms with Crippen LogP contribution in [-0.4, -0.2) is 41.2 Å². The molecular formula is C24H24FN3O4S. The summed E-state index contributed by atoms with van der Waals surface area (Å²) in [6.07, 6.45) is 5.05. The van der Waals surface area contributed by atoms with Gasteiger partial charge in [-0.3, -0.25) is 9.10 Å². The van der Waals surface area contributed by atoms with Crippen molar-refractivity contribution in [2.45, 2.75) is 6.92 Å². The highest BCUT2D eigenvalue weighted by Gasteiger charge is 2.27. The number of hydrogen-bond acceptors (Lipinski definition) is 5. The molecule has 7 nitrogen and oxygen atoms in total. The van der Waals surface area contributed by atoms with Gasteiger partial charge in [0, 0.05) is 48.9 Å². The van der Waals surface area contributed by atoms with Crippen LogP contribution in [-0.2, 0) is 10.0 Å². The first kappa shape index (κ1) is 22.6. The van der Waals surface area contributed by atoms with E-state index in [0.29, 0.717) is 39.9 Å². The van der Waals surface area contributed by atoms with Crippen molar-refractivity contribution in [1.29, 1.82) is 0 Å². The Labute approximate surface area is 191 Å². The molecule has 1 aliphatic heterocycles. The fraction of sp³-hybridized carbons (Fsp3) is 0.208. The minimum Gasteiger partial charge on any atom is -0.455 e. The summed E-state index contributed by atoms with van der Waals surface area (Å²) in [5.74, 6) is -0.503.